The van der Waals surface area contributed by atoms with Crippen molar-refractivity contribution in [3.05, 3.63) is 90.3 Å². The van der Waals surface area contributed by atoms with Gasteiger partial charge in [-0.1, -0.05) is 74.4 Å². The number of aliphatic hydroxyl groups excluding tert-OH is 1. The smallest absolute Gasteiger partial charge is 0.330 e. The normalized spacial score (nSPS) is 13.9. The van der Waals surface area contributed by atoms with Gasteiger partial charge < -0.3 is 14.6 Å². The lowest BCUT2D eigenvalue weighted by atomic mass is 9.83. The topological polar surface area (TPSA) is 55.8 Å². The van der Waals surface area contributed by atoms with E-state index in [2.05, 4.69) is 18.7 Å². The first kappa shape index (κ1) is 24.7. The molecule has 5 heteroatoms. The summed E-state index contributed by atoms with van der Waals surface area (Å²) >= 11 is 0. The second-order valence-electron chi connectivity index (χ2n) is 8.85. The minimum absolute atomic E-state index is 0.0583. The molecule has 0 bridgehead atoms. The van der Waals surface area contributed by atoms with Gasteiger partial charge in [-0.05, 0) is 53.1 Å². The van der Waals surface area contributed by atoms with Gasteiger partial charge in [0, 0.05) is 17.2 Å². The van der Waals surface area contributed by atoms with Crippen LogP contribution in [0.15, 0.2) is 73.3 Å². The predicted molar refractivity (Wildman–Crippen MR) is 136 cm³/mol. The van der Waals surface area contributed by atoms with Crippen molar-refractivity contribution in [3.63, 3.8) is 0 Å². The first-order valence-corrected chi connectivity index (χ1v) is 12.1. The minimum atomic E-state index is -0.524. The van der Waals surface area contributed by atoms with Crippen molar-refractivity contribution in [3.8, 4) is 28.0 Å². The molecule has 0 aliphatic heterocycles. The van der Waals surface area contributed by atoms with Crippen molar-refractivity contribution in [2.45, 2.75) is 44.6 Å². The lowest BCUT2D eigenvalue weighted by Gasteiger charge is -2.22. The van der Waals surface area contributed by atoms with Crippen LogP contribution in [0.3, 0.4) is 0 Å². The van der Waals surface area contributed by atoms with Crippen LogP contribution in [-0.4, -0.2) is 24.3 Å². The van der Waals surface area contributed by atoms with E-state index in [1.54, 1.807) is 18.2 Å². The quantitative estimate of drug-likeness (QED) is 0.210. The van der Waals surface area contributed by atoms with E-state index in [4.69, 9.17) is 9.47 Å². The third-order valence-electron chi connectivity index (χ3n) is 6.59. The van der Waals surface area contributed by atoms with Crippen LogP contribution in [0, 0.1) is 5.82 Å². The highest BCUT2D eigenvalue weighted by Crippen LogP contribution is 2.35. The zero-order valence-electron chi connectivity index (χ0n) is 19.8. The molecule has 0 heterocycles. The Kier molecular flexibility index (Phi) is 8.32. The van der Waals surface area contributed by atoms with Crippen LogP contribution in [0.1, 0.15) is 49.1 Å². The molecular formula is C30H31FO4. The summed E-state index contributed by atoms with van der Waals surface area (Å²) in [4.78, 5) is 11.2. The van der Waals surface area contributed by atoms with Gasteiger partial charge in [0.15, 0.2) is 0 Å². The Balaban J connectivity index is 1.49. The number of ether oxygens (including phenoxy) is 2. The minimum Gasteiger partial charge on any atom is -0.490 e. The van der Waals surface area contributed by atoms with E-state index in [9.17, 15) is 9.90 Å². The van der Waals surface area contributed by atoms with Gasteiger partial charge >= 0.3 is 5.97 Å². The number of aliphatic hydroxyl groups is 1. The first-order valence-electron chi connectivity index (χ1n) is 12.1. The zero-order chi connectivity index (χ0) is 24.6. The molecule has 1 aliphatic rings. The number of carbonyl (C=O) groups is 1. The molecule has 1 aliphatic carbocycles. The highest BCUT2D eigenvalue weighted by Gasteiger charge is 2.16. The molecule has 35 heavy (non-hydrogen) atoms. The molecule has 0 unspecified atom stereocenters. The summed E-state index contributed by atoms with van der Waals surface area (Å²) in [6.45, 7) is 3.33. The molecule has 0 radical (unpaired) electrons. The van der Waals surface area contributed by atoms with E-state index < -0.39 is 5.97 Å². The van der Waals surface area contributed by atoms with Crippen LogP contribution in [0.25, 0.3) is 22.3 Å². The number of hydrogen-bond donors (Lipinski definition) is 1. The van der Waals surface area contributed by atoms with Gasteiger partial charge in [0.05, 0.1) is 6.61 Å². The van der Waals surface area contributed by atoms with Crippen LogP contribution >= 0.6 is 0 Å². The fourth-order valence-electron chi connectivity index (χ4n) is 4.65. The van der Waals surface area contributed by atoms with Gasteiger partial charge in [-0.15, -0.1) is 0 Å². The van der Waals surface area contributed by atoms with E-state index in [-0.39, 0.29) is 25.6 Å². The number of rotatable bonds is 9. The summed E-state index contributed by atoms with van der Waals surface area (Å²) in [5.74, 6) is 0.265. The molecule has 3 aromatic rings. The monoisotopic (exact) mass is 474 g/mol. The van der Waals surface area contributed by atoms with Gasteiger partial charge in [-0.25, -0.2) is 9.18 Å². The summed E-state index contributed by atoms with van der Waals surface area (Å²) in [5.41, 5.74) is 4.84. The lowest BCUT2D eigenvalue weighted by Crippen LogP contribution is -2.11. The molecule has 0 spiro atoms. The Morgan fingerprint density at radius 2 is 1.63 bits per heavy atom. The summed E-state index contributed by atoms with van der Waals surface area (Å²) in [7, 11) is 0. The first-order chi connectivity index (χ1) is 17.1. The highest BCUT2D eigenvalue weighted by atomic mass is 19.1. The SMILES string of the molecule is C=CC(=O)OCCOc1cc(-c2ccc(-c3ccc(C4CCCCC4)cc3)c(F)c2)ccc1CO. The van der Waals surface area contributed by atoms with Crippen LogP contribution in [-0.2, 0) is 16.1 Å². The molecule has 1 saturated carbocycles. The van der Waals surface area contributed by atoms with Crippen molar-refractivity contribution >= 4 is 5.97 Å². The molecular weight excluding hydrogens is 443 g/mol. The van der Waals surface area contributed by atoms with Gasteiger partial charge in [-0.2, -0.15) is 0 Å². The molecule has 3 aromatic carbocycles. The maximum Gasteiger partial charge on any atom is 0.330 e. The number of benzene rings is 3. The van der Waals surface area contributed by atoms with Gasteiger partial charge in [-0.3, -0.25) is 0 Å². The van der Waals surface area contributed by atoms with Crippen molar-refractivity contribution < 1.29 is 23.8 Å². The third-order valence-corrected chi connectivity index (χ3v) is 6.59. The number of esters is 1. The zero-order valence-corrected chi connectivity index (χ0v) is 19.8. The van der Waals surface area contributed by atoms with Crippen molar-refractivity contribution in [1.82, 2.24) is 0 Å². The Labute approximate surface area is 206 Å². The third kappa shape index (κ3) is 6.17. The highest BCUT2D eigenvalue weighted by molar-refractivity contribution is 5.81. The molecule has 0 amide bonds. The Morgan fingerprint density at radius 3 is 2.31 bits per heavy atom. The van der Waals surface area contributed by atoms with Crippen LogP contribution in [0.2, 0.25) is 0 Å². The fraction of sp³-hybridized carbons (Fsp3) is 0.300. The van der Waals surface area contributed by atoms with Crippen LogP contribution in [0.5, 0.6) is 5.75 Å². The van der Waals surface area contributed by atoms with Crippen molar-refractivity contribution in [2.24, 2.45) is 0 Å². The maximum absolute atomic E-state index is 15.2. The summed E-state index contributed by atoms with van der Waals surface area (Å²) in [6, 6.07) is 18.9. The lowest BCUT2D eigenvalue weighted by molar-refractivity contribution is -0.138. The Hall–Kier alpha value is -3.44. The van der Waals surface area contributed by atoms with E-state index in [0.29, 0.717) is 28.4 Å². The largest absolute Gasteiger partial charge is 0.490 e. The van der Waals surface area contributed by atoms with E-state index >= 15 is 4.39 Å². The average Bonchev–Trinajstić information content (AvgIpc) is 2.91. The fourth-order valence-corrected chi connectivity index (χ4v) is 4.65. The average molecular weight is 475 g/mol. The molecule has 0 saturated heterocycles. The molecule has 1 N–H and O–H groups in total. The molecule has 4 rings (SSSR count). The summed E-state index contributed by atoms with van der Waals surface area (Å²) < 4.78 is 25.8. The standard InChI is InChI=1S/C30H31FO4/c1-2-30(33)35-17-16-34-29-19-25(12-13-26(29)20-32)24-14-15-27(28(31)18-24)23-10-8-22(9-11-23)21-6-4-3-5-7-21/h2,8-15,18-19,21,32H,1,3-7,16-17,20H2. The number of carbonyl (C=O) groups excluding carboxylic acids is 1. The van der Waals surface area contributed by atoms with Crippen molar-refractivity contribution in [2.75, 3.05) is 13.2 Å². The molecule has 182 valence electrons. The summed E-state index contributed by atoms with van der Waals surface area (Å²) in [6.07, 6.45) is 7.47. The van der Waals surface area contributed by atoms with Gasteiger partial charge in [0.25, 0.3) is 0 Å². The van der Waals surface area contributed by atoms with Crippen LogP contribution < -0.4 is 4.74 Å². The predicted octanol–water partition coefficient (Wildman–Crippen LogP) is 6.81. The second kappa shape index (κ2) is 11.8. The number of halogens is 1. The Morgan fingerprint density at radius 1 is 0.943 bits per heavy atom. The van der Waals surface area contributed by atoms with Gasteiger partial charge in [0.2, 0.25) is 0 Å². The van der Waals surface area contributed by atoms with Gasteiger partial charge in [0.1, 0.15) is 24.8 Å². The van der Waals surface area contributed by atoms with E-state index in [0.717, 1.165) is 17.2 Å². The second-order valence-corrected chi connectivity index (χ2v) is 8.85. The van der Waals surface area contributed by atoms with E-state index in [1.165, 1.54) is 43.7 Å². The Bertz CT molecular complexity index is 1160. The maximum atomic E-state index is 15.2. The number of hydrogen-bond acceptors (Lipinski definition) is 4. The molecule has 4 nitrogen and oxygen atoms in total. The summed E-state index contributed by atoms with van der Waals surface area (Å²) in [5, 5.41) is 9.63. The molecule has 0 aromatic heterocycles. The van der Waals surface area contributed by atoms with E-state index in [1.807, 2.05) is 24.3 Å². The van der Waals surface area contributed by atoms with Crippen LogP contribution in [0.4, 0.5) is 4.39 Å². The van der Waals surface area contributed by atoms with Crippen molar-refractivity contribution in [1.29, 1.82) is 0 Å². The molecule has 1 fully saturated rings. The molecule has 0 atom stereocenters.